The molecule has 3 heteroatoms. The molecule has 0 spiro atoms. The van der Waals surface area contributed by atoms with Crippen LogP contribution in [0.4, 0.5) is 0 Å². The summed E-state index contributed by atoms with van der Waals surface area (Å²) in [4.78, 5) is 0. The Kier molecular flexibility index (Phi) is 16.3. The third-order valence-electron chi connectivity index (χ3n) is 2.97. The summed E-state index contributed by atoms with van der Waals surface area (Å²) in [5.74, 6) is 0. The predicted molar refractivity (Wildman–Crippen MR) is 74.4 cm³/mol. The Morgan fingerprint density at radius 2 is 1.18 bits per heavy atom. The van der Waals surface area contributed by atoms with Crippen molar-refractivity contribution in [1.29, 1.82) is 0 Å². The standard InChI is InChI=1S/C14H29O2Si/c1-2-3-4-5-6-7-8-9-10-11-12-15-13-14-16-17/h2-14H2,1H3. The van der Waals surface area contributed by atoms with Crippen LogP contribution in [0.5, 0.6) is 0 Å². The van der Waals surface area contributed by atoms with E-state index in [1.165, 1.54) is 64.2 Å². The van der Waals surface area contributed by atoms with Crippen LogP contribution < -0.4 is 0 Å². The van der Waals surface area contributed by atoms with Gasteiger partial charge in [-0.3, -0.25) is 0 Å². The summed E-state index contributed by atoms with van der Waals surface area (Å²) in [5.41, 5.74) is 0. The molecule has 0 saturated carbocycles. The molecule has 3 radical (unpaired) electrons. The molecule has 0 atom stereocenters. The largest absolute Gasteiger partial charge is 0.416 e. The molecule has 0 bridgehead atoms. The van der Waals surface area contributed by atoms with Crippen molar-refractivity contribution < 1.29 is 9.16 Å². The molecule has 17 heavy (non-hydrogen) atoms. The van der Waals surface area contributed by atoms with Gasteiger partial charge < -0.3 is 9.16 Å². The van der Waals surface area contributed by atoms with E-state index in [4.69, 9.17) is 9.16 Å². The number of ether oxygens (including phenoxy) is 1. The van der Waals surface area contributed by atoms with Crippen molar-refractivity contribution in [1.82, 2.24) is 0 Å². The molecule has 0 aromatic heterocycles. The van der Waals surface area contributed by atoms with Gasteiger partial charge in [0.2, 0.25) is 10.5 Å². The van der Waals surface area contributed by atoms with Gasteiger partial charge in [-0.05, 0) is 6.42 Å². The summed E-state index contributed by atoms with van der Waals surface area (Å²) in [6.07, 6.45) is 13.7. The summed E-state index contributed by atoms with van der Waals surface area (Å²) >= 11 is 0. The van der Waals surface area contributed by atoms with Gasteiger partial charge in [0.1, 0.15) is 0 Å². The van der Waals surface area contributed by atoms with Gasteiger partial charge in [0.05, 0.1) is 13.2 Å². The van der Waals surface area contributed by atoms with E-state index >= 15 is 0 Å². The minimum absolute atomic E-state index is 0.634. The maximum Gasteiger partial charge on any atom is 0.246 e. The fourth-order valence-corrected chi connectivity index (χ4v) is 1.98. The Bertz CT molecular complexity index is 117. The molecule has 0 heterocycles. The van der Waals surface area contributed by atoms with Crippen molar-refractivity contribution in [3.63, 3.8) is 0 Å². The van der Waals surface area contributed by atoms with Crippen molar-refractivity contribution in [2.24, 2.45) is 0 Å². The van der Waals surface area contributed by atoms with Crippen molar-refractivity contribution in [2.75, 3.05) is 19.8 Å². The van der Waals surface area contributed by atoms with Crippen LogP contribution in [-0.2, 0) is 9.16 Å². The van der Waals surface area contributed by atoms with Crippen LogP contribution in [0.2, 0.25) is 0 Å². The average molecular weight is 257 g/mol. The number of rotatable bonds is 14. The number of hydrogen-bond donors (Lipinski definition) is 0. The van der Waals surface area contributed by atoms with Crippen LogP contribution in [0.1, 0.15) is 71.1 Å². The van der Waals surface area contributed by atoms with Crippen molar-refractivity contribution in [3.8, 4) is 0 Å². The molecule has 0 aromatic rings. The molecule has 0 rings (SSSR count). The van der Waals surface area contributed by atoms with Crippen molar-refractivity contribution in [3.05, 3.63) is 0 Å². The van der Waals surface area contributed by atoms with Gasteiger partial charge in [-0.15, -0.1) is 0 Å². The summed E-state index contributed by atoms with van der Waals surface area (Å²) in [6, 6.07) is 0. The molecule has 0 N–H and O–H groups in total. The molecule has 101 valence electrons. The van der Waals surface area contributed by atoms with Gasteiger partial charge in [-0.1, -0.05) is 64.7 Å². The molecular formula is C14H29O2Si. The van der Waals surface area contributed by atoms with E-state index in [0.717, 1.165) is 6.61 Å². The maximum absolute atomic E-state index is 5.39. The van der Waals surface area contributed by atoms with Crippen LogP contribution >= 0.6 is 0 Å². The average Bonchev–Trinajstić information content (AvgIpc) is 2.35. The highest BCUT2D eigenvalue weighted by molar-refractivity contribution is 5.97. The van der Waals surface area contributed by atoms with Crippen molar-refractivity contribution in [2.45, 2.75) is 71.1 Å². The molecule has 0 aliphatic rings. The molecule has 0 aliphatic heterocycles. The third-order valence-corrected chi connectivity index (χ3v) is 3.18. The third kappa shape index (κ3) is 16.1. The van der Waals surface area contributed by atoms with Gasteiger partial charge >= 0.3 is 0 Å². The summed E-state index contributed by atoms with van der Waals surface area (Å²) in [5, 5.41) is 0. The molecular weight excluding hydrogens is 228 g/mol. The zero-order valence-electron chi connectivity index (χ0n) is 11.5. The maximum atomic E-state index is 5.39. The fraction of sp³-hybridized carbons (Fsp3) is 1.00. The van der Waals surface area contributed by atoms with Crippen LogP contribution in [-0.4, -0.2) is 30.3 Å². The molecule has 0 saturated heterocycles. The quantitative estimate of drug-likeness (QED) is 0.345. The molecule has 0 unspecified atom stereocenters. The number of unbranched alkanes of at least 4 members (excludes halogenated alkanes) is 9. The van der Waals surface area contributed by atoms with Gasteiger partial charge in [-0.25, -0.2) is 0 Å². The van der Waals surface area contributed by atoms with E-state index in [0.29, 0.717) is 13.2 Å². The Labute approximate surface area is 111 Å². The zero-order valence-corrected chi connectivity index (χ0v) is 12.5. The first-order valence-corrected chi connectivity index (χ1v) is 7.69. The van der Waals surface area contributed by atoms with Gasteiger partial charge in [-0.2, -0.15) is 0 Å². The molecule has 2 nitrogen and oxygen atoms in total. The first-order chi connectivity index (χ1) is 8.41. The van der Waals surface area contributed by atoms with Crippen LogP contribution in [0.15, 0.2) is 0 Å². The Hall–Kier alpha value is 0.137. The minimum atomic E-state index is 0.634. The first kappa shape index (κ1) is 17.1. The highest BCUT2D eigenvalue weighted by atomic mass is 28.2. The lowest BCUT2D eigenvalue weighted by atomic mass is 10.1. The van der Waals surface area contributed by atoms with E-state index in [2.05, 4.69) is 17.4 Å². The summed E-state index contributed by atoms with van der Waals surface area (Å²) in [6.45, 7) is 4.48. The highest BCUT2D eigenvalue weighted by Crippen LogP contribution is 2.10. The van der Waals surface area contributed by atoms with Gasteiger partial charge in [0, 0.05) is 6.61 Å². The predicted octanol–water partition coefficient (Wildman–Crippen LogP) is 4.02. The van der Waals surface area contributed by atoms with Gasteiger partial charge in [0.25, 0.3) is 0 Å². The van der Waals surface area contributed by atoms with E-state index in [9.17, 15) is 0 Å². The van der Waals surface area contributed by atoms with Crippen LogP contribution in [0, 0.1) is 0 Å². The van der Waals surface area contributed by atoms with Gasteiger partial charge in [0.15, 0.2) is 0 Å². The second-order valence-electron chi connectivity index (χ2n) is 4.64. The second-order valence-corrected chi connectivity index (χ2v) is 4.93. The minimum Gasteiger partial charge on any atom is -0.416 e. The van der Waals surface area contributed by atoms with Crippen LogP contribution in [0.3, 0.4) is 0 Å². The monoisotopic (exact) mass is 257 g/mol. The normalized spacial score (nSPS) is 10.9. The SMILES string of the molecule is CCCCCCCCCCCCOCCO[Si]. The fourth-order valence-electron chi connectivity index (χ4n) is 1.89. The molecule has 0 amide bonds. The first-order valence-electron chi connectivity index (χ1n) is 7.28. The lowest BCUT2D eigenvalue weighted by molar-refractivity contribution is 0.100. The zero-order chi connectivity index (χ0) is 12.6. The smallest absolute Gasteiger partial charge is 0.246 e. The van der Waals surface area contributed by atoms with E-state index < -0.39 is 0 Å². The van der Waals surface area contributed by atoms with Crippen LogP contribution in [0.25, 0.3) is 0 Å². The van der Waals surface area contributed by atoms with E-state index in [1.807, 2.05) is 0 Å². The second kappa shape index (κ2) is 16.1. The summed E-state index contributed by atoms with van der Waals surface area (Å²) < 4.78 is 10.1. The summed E-state index contributed by atoms with van der Waals surface area (Å²) in [7, 11) is 2.95. The topological polar surface area (TPSA) is 18.5 Å². The highest BCUT2D eigenvalue weighted by Gasteiger charge is 1.93. The lowest BCUT2D eigenvalue weighted by Gasteiger charge is -2.04. The van der Waals surface area contributed by atoms with E-state index in [1.54, 1.807) is 0 Å². The van der Waals surface area contributed by atoms with E-state index in [-0.39, 0.29) is 0 Å². The Balaban J connectivity index is 2.85. The lowest BCUT2D eigenvalue weighted by Crippen LogP contribution is -2.03. The molecule has 0 aliphatic carbocycles. The molecule has 0 fully saturated rings. The number of hydrogen-bond acceptors (Lipinski definition) is 2. The Morgan fingerprint density at radius 3 is 1.71 bits per heavy atom. The Morgan fingerprint density at radius 1 is 0.647 bits per heavy atom. The molecule has 0 aromatic carbocycles. The van der Waals surface area contributed by atoms with Crippen molar-refractivity contribution >= 4 is 10.5 Å².